The molecule has 0 amide bonds. The number of ketones is 1. The van der Waals surface area contributed by atoms with Gasteiger partial charge in [0.1, 0.15) is 0 Å². The Balaban J connectivity index is 2.26. The lowest BCUT2D eigenvalue weighted by molar-refractivity contribution is 0.0896. The first kappa shape index (κ1) is 14.8. The zero-order valence-electron chi connectivity index (χ0n) is 11.8. The number of imidazole rings is 1. The van der Waals surface area contributed by atoms with Gasteiger partial charge in [0.25, 0.3) is 0 Å². The van der Waals surface area contributed by atoms with Crippen LogP contribution in [0.25, 0.3) is 0 Å². The molecule has 3 nitrogen and oxygen atoms in total. The molecule has 1 aromatic heterocycles. The summed E-state index contributed by atoms with van der Waals surface area (Å²) in [6.45, 7) is 1.96. The summed E-state index contributed by atoms with van der Waals surface area (Å²) >= 11 is 5.92. The highest BCUT2D eigenvalue weighted by atomic mass is 35.5. The first-order valence-electron chi connectivity index (χ1n) is 6.77. The van der Waals surface area contributed by atoms with E-state index in [0.29, 0.717) is 11.7 Å². The van der Waals surface area contributed by atoms with Crippen LogP contribution in [0.15, 0.2) is 42.7 Å². The summed E-state index contributed by atoms with van der Waals surface area (Å²) in [6, 6.07) is 10.1. The van der Waals surface area contributed by atoms with Crippen molar-refractivity contribution >= 4 is 17.4 Å². The summed E-state index contributed by atoms with van der Waals surface area (Å²) in [7, 11) is 1.84. The number of rotatable bonds is 6. The quantitative estimate of drug-likeness (QED) is 0.601. The molecule has 0 aliphatic carbocycles. The highest BCUT2D eigenvalue weighted by Crippen LogP contribution is 2.30. The molecule has 0 saturated carbocycles. The predicted molar refractivity (Wildman–Crippen MR) is 81.2 cm³/mol. The number of hydrogen-bond donors (Lipinski definition) is 0. The average molecular weight is 291 g/mol. The van der Waals surface area contributed by atoms with Gasteiger partial charge in [-0.05, 0) is 17.9 Å². The van der Waals surface area contributed by atoms with E-state index in [2.05, 4.69) is 17.1 Å². The van der Waals surface area contributed by atoms with Crippen LogP contribution in [0.2, 0.25) is 0 Å². The molecule has 20 heavy (non-hydrogen) atoms. The van der Waals surface area contributed by atoms with Gasteiger partial charge in [-0.25, -0.2) is 4.98 Å². The zero-order chi connectivity index (χ0) is 14.5. The van der Waals surface area contributed by atoms with Crippen LogP contribution < -0.4 is 0 Å². The fourth-order valence-corrected chi connectivity index (χ4v) is 2.75. The molecule has 1 aromatic carbocycles. The van der Waals surface area contributed by atoms with E-state index in [4.69, 9.17) is 11.6 Å². The molecule has 0 saturated heterocycles. The molecule has 0 bridgehead atoms. The normalized spacial score (nSPS) is 13.9. The topological polar surface area (TPSA) is 34.9 Å². The molecule has 2 atom stereocenters. The molecule has 2 aromatic rings. The van der Waals surface area contributed by atoms with E-state index in [1.807, 2.05) is 32.2 Å². The Labute approximate surface area is 124 Å². The molecule has 2 unspecified atom stereocenters. The second kappa shape index (κ2) is 6.71. The van der Waals surface area contributed by atoms with Crippen molar-refractivity contribution in [2.45, 2.75) is 19.3 Å². The van der Waals surface area contributed by atoms with Gasteiger partial charge in [0.15, 0.2) is 5.82 Å². The van der Waals surface area contributed by atoms with E-state index >= 15 is 0 Å². The predicted octanol–water partition coefficient (Wildman–Crippen LogP) is 3.65. The van der Waals surface area contributed by atoms with E-state index in [-0.39, 0.29) is 17.6 Å². The van der Waals surface area contributed by atoms with Gasteiger partial charge in [-0.1, -0.05) is 37.3 Å². The minimum absolute atomic E-state index is 0.0662. The van der Waals surface area contributed by atoms with E-state index in [9.17, 15) is 4.79 Å². The second-order valence-corrected chi connectivity index (χ2v) is 5.39. The number of nitrogens with zero attached hydrogens (tertiary/aromatic N) is 2. The Morgan fingerprint density at radius 1 is 1.35 bits per heavy atom. The van der Waals surface area contributed by atoms with E-state index in [1.165, 1.54) is 0 Å². The maximum absolute atomic E-state index is 12.6. The lowest BCUT2D eigenvalue weighted by atomic mass is 9.82. The number of halogens is 1. The lowest BCUT2D eigenvalue weighted by Crippen LogP contribution is -2.23. The van der Waals surface area contributed by atoms with Crippen LogP contribution in [-0.2, 0) is 7.05 Å². The van der Waals surface area contributed by atoms with Crippen molar-refractivity contribution in [1.29, 1.82) is 0 Å². The van der Waals surface area contributed by atoms with Crippen LogP contribution in [0.4, 0.5) is 0 Å². The van der Waals surface area contributed by atoms with Gasteiger partial charge in [0.2, 0.25) is 5.78 Å². The fraction of sp³-hybridized carbons (Fsp3) is 0.375. The monoisotopic (exact) mass is 290 g/mol. The number of hydrogen-bond acceptors (Lipinski definition) is 2. The molecule has 0 radical (unpaired) electrons. The average Bonchev–Trinajstić information content (AvgIpc) is 2.90. The van der Waals surface area contributed by atoms with Gasteiger partial charge < -0.3 is 4.57 Å². The van der Waals surface area contributed by atoms with Crippen molar-refractivity contribution in [3.63, 3.8) is 0 Å². The van der Waals surface area contributed by atoms with Crippen molar-refractivity contribution in [2.24, 2.45) is 13.0 Å². The van der Waals surface area contributed by atoms with Crippen LogP contribution in [0, 0.1) is 5.92 Å². The summed E-state index contributed by atoms with van der Waals surface area (Å²) in [6.07, 6.45) is 4.22. The Morgan fingerprint density at radius 3 is 2.60 bits per heavy atom. The molecule has 106 valence electrons. The molecule has 0 spiro atoms. The van der Waals surface area contributed by atoms with Gasteiger partial charge in [0.05, 0.1) is 0 Å². The number of benzene rings is 1. The van der Waals surface area contributed by atoms with Gasteiger partial charge >= 0.3 is 0 Å². The highest BCUT2D eigenvalue weighted by Gasteiger charge is 2.27. The molecule has 4 heteroatoms. The third-order valence-electron chi connectivity index (χ3n) is 3.71. The second-order valence-electron chi connectivity index (χ2n) is 5.01. The van der Waals surface area contributed by atoms with Gasteiger partial charge in [-0.15, -0.1) is 11.6 Å². The van der Waals surface area contributed by atoms with Crippen molar-refractivity contribution in [3.8, 4) is 0 Å². The molecule has 1 heterocycles. The number of alkyl halides is 1. The van der Waals surface area contributed by atoms with Crippen LogP contribution in [0.1, 0.15) is 35.4 Å². The maximum atomic E-state index is 12.6. The molecule has 0 fully saturated rings. The fourth-order valence-electron chi connectivity index (χ4n) is 2.51. The maximum Gasteiger partial charge on any atom is 0.201 e. The highest BCUT2D eigenvalue weighted by molar-refractivity contribution is 6.17. The number of aromatic nitrogens is 2. The lowest BCUT2D eigenvalue weighted by Gasteiger charge is -2.22. The number of carbonyl (C=O) groups excluding carboxylic acids is 1. The first-order chi connectivity index (χ1) is 9.65. The smallest absolute Gasteiger partial charge is 0.201 e. The van der Waals surface area contributed by atoms with Crippen molar-refractivity contribution in [1.82, 2.24) is 9.55 Å². The SMILES string of the molecule is CC(C(=O)c1nccn1C)C(CCCl)c1ccccc1. The Kier molecular flexibility index (Phi) is 4.96. The van der Waals surface area contributed by atoms with Gasteiger partial charge in [-0.3, -0.25) is 4.79 Å². The van der Waals surface area contributed by atoms with Crippen LogP contribution >= 0.6 is 11.6 Å². The largest absolute Gasteiger partial charge is 0.332 e. The van der Waals surface area contributed by atoms with Gasteiger partial charge in [0, 0.05) is 31.2 Å². The van der Waals surface area contributed by atoms with Crippen molar-refractivity contribution in [2.75, 3.05) is 5.88 Å². The third-order valence-corrected chi connectivity index (χ3v) is 3.92. The van der Waals surface area contributed by atoms with E-state index in [0.717, 1.165) is 12.0 Å². The molecule has 0 aliphatic heterocycles. The summed E-state index contributed by atoms with van der Waals surface area (Å²) in [5.41, 5.74) is 1.16. The standard InChI is InChI=1S/C16H19ClN2O/c1-12(15(20)16-18-10-11-19(16)2)14(8-9-17)13-6-4-3-5-7-13/h3-7,10-12,14H,8-9H2,1-2H3. The minimum atomic E-state index is -0.141. The Hall–Kier alpha value is -1.61. The molecule has 2 rings (SSSR count). The van der Waals surface area contributed by atoms with E-state index in [1.54, 1.807) is 17.0 Å². The number of aryl methyl sites for hydroxylation is 1. The third kappa shape index (κ3) is 3.10. The summed E-state index contributed by atoms with van der Waals surface area (Å²) in [5.74, 6) is 1.09. The molecule has 0 aliphatic rings. The molecule has 0 N–H and O–H groups in total. The van der Waals surface area contributed by atoms with Crippen LogP contribution in [0.3, 0.4) is 0 Å². The molecular formula is C16H19ClN2O. The zero-order valence-corrected chi connectivity index (χ0v) is 12.5. The number of carbonyl (C=O) groups is 1. The molecular weight excluding hydrogens is 272 g/mol. The number of Topliss-reactive ketones (excluding diaryl/α,β-unsaturated/α-hetero) is 1. The van der Waals surface area contributed by atoms with Crippen molar-refractivity contribution < 1.29 is 4.79 Å². The van der Waals surface area contributed by atoms with Crippen LogP contribution in [0.5, 0.6) is 0 Å². The van der Waals surface area contributed by atoms with Crippen LogP contribution in [-0.4, -0.2) is 21.2 Å². The minimum Gasteiger partial charge on any atom is -0.332 e. The first-order valence-corrected chi connectivity index (χ1v) is 7.31. The Bertz CT molecular complexity index is 565. The Morgan fingerprint density at radius 2 is 2.05 bits per heavy atom. The summed E-state index contributed by atoms with van der Waals surface area (Å²) < 4.78 is 1.77. The summed E-state index contributed by atoms with van der Waals surface area (Å²) in [5, 5.41) is 0. The van der Waals surface area contributed by atoms with Gasteiger partial charge in [-0.2, -0.15) is 0 Å². The van der Waals surface area contributed by atoms with Crippen molar-refractivity contribution in [3.05, 3.63) is 54.1 Å². The summed E-state index contributed by atoms with van der Waals surface area (Å²) in [4.78, 5) is 16.7. The van der Waals surface area contributed by atoms with E-state index < -0.39 is 0 Å².